The molecule has 1 aromatic rings. The van der Waals surface area contributed by atoms with Crippen LogP contribution in [-0.2, 0) is 16.6 Å². The van der Waals surface area contributed by atoms with E-state index in [1.54, 1.807) is 0 Å². The Labute approximate surface area is 117 Å². The fraction of sp³-hybridized carbons (Fsp3) is 0.588. The van der Waals surface area contributed by atoms with Crippen LogP contribution in [0.4, 0.5) is 0 Å². The van der Waals surface area contributed by atoms with Crippen molar-refractivity contribution in [3.8, 4) is 0 Å². The van der Waals surface area contributed by atoms with Gasteiger partial charge in [-0.25, -0.2) is 0 Å². The maximum absolute atomic E-state index is 11.9. The van der Waals surface area contributed by atoms with Gasteiger partial charge in [0, 0.05) is 19.5 Å². The first-order chi connectivity index (χ1) is 8.88. The van der Waals surface area contributed by atoms with Gasteiger partial charge in [0.25, 0.3) is 0 Å². The predicted molar refractivity (Wildman–Crippen MR) is 81.4 cm³/mol. The van der Waals surface area contributed by atoms with Gasteiger partial charge < -0.3 is 4.90 Å². The average Bonchev–Trinajstić information content (AvgIpc) is 2.37. The fourth-order valence-electron chi connectivity index (χ4n) is 2.16. The van der Waals surface area contributed by atoms with Gasteiger partial charge in [-0.05, 0) is 36.8 Å². The van der Waals surface area contributed by atoms with Gasteiger partial charge in [-0.2, -0.15) is 0 Å². The molecule has 0 spiro atoms. The number of rotatable bonds is 5. The standard InChI is InChI=1S/C17H27NO/c1-6-18(7-2)16(19)13-10-14-8-11-15(12-9-14)17(3,4)5/h8-9,11-12H,6-7,10,13H2,1-5H3. The van der Waals surface area contributed by atoms with E-state index in [0.717, 1.165) is 19.5 Å². The third-order valence-electron chi connectivity index (χ3n) is 3.56. The van der Waals surface area contributed by atoms with Crippen molar-refractivity contribution in [1.82, 2.24) is 4.90 Å². The van der Waals surface area contributed by atoms with E-state index in [1.807, 2.05) is 18.7 Å². The lowest BCUT2D eigenvalue weighted by atomic mass is 9.86. The summed E-state index contributed by atoms with van der Waals surface area (Å²) < 4.78 is 0. The quantitative estimate of drug-likeness (QED) is 0.790. The molecule has 0 saturated heterocycles. The number of amides is 1. The Kier molecular flexibility index (Phi) is 5.59. The molecule has 0 heterocycles. The highest BCUT2D eigenvalue weighted by Crippen LogP contribution is 2.22. The van der Waals surface area contributed by atoms with Crippen molar-refractivity contribution in [2.24, 2.45) is 0 Å². The molecule has 1 amide bonds. The Morgan fingerprint density at radius 2 is 1.58 bits per heavy atom. The summed E-state index contributed by atoms with van der Waals surface area (Å²) in [6.45, 7) is 12.3. The zero-order chi connectivity index (χ0) is 14.5. The third kappa shape index (κ3) is 4.70. The van der Waals surface area contributed by atoms with Gasteiger partial charge in [0.2, 0.25) is 5.91 Å². The molecule has 0 aliphatic carbocycles. The lowest BCUT2D eigenvalue weighted by Crippen LogP contribution is -2.30. The summed E-state index contributed by atoms with van der Waals surface area (Å²) in [6.07, 6.45) is 1.44. The first-order valence-electron chi connectivity index (χ1n) is 7.25. The van der Waals surface area contributed by atoms with Crippen molar-refractivity contribution in [3.05, 3.63) is 35.4 Å². The first-order valence-corrected chi connectivity index (χ1v) is 7.25. The van der Waals surface area contributed by atoms with E-state index in [2.05, 4.69) is 45.0 Å². The topological polar surface area (TPSA) is 20.3 Å². The summed E-state index contributed by atoms with van der Waals surface area (Å²) in [5, 5.41) is 0. The monoisotopic (exact) mass is 261 g/mol. The van der Waals surface area contributed by atoms with E-state index in [0.29, 0.717) is 6.42 Å². The third-order valence-corrected chi connectivity index (χ3v) is 3.56. The normalized spacial score (nSPS) is 11.4. The van der Waals surface area contributed by atoms with E-state index in [-0.39, 0.29) is 11.3 Å². The van der Waals surface area contributed by atoms with E-state index < -0.39 is 0 Å². The van der Waals surface area contributed by atoms with Gasteiger partial charge in [-0.1, -0.05) is 45.0 Å². The molecule has 0 aliphatic heterocycles. The van der Waals surface area contributed by atoms with Gasteiger partial charge in [0.1, 0.15) is 0 Å². The molecule has 106 valence electrons. The summed E-state index contributed by atoms with van der Waals surface area (Å²) >= 11 is 0. The highest BCUT2D eigenvalue weighted by atomic mass is 16.2. The van der Waals surface area contributed by atoms with Crippen LogP contribution in [0.15, 0.2) is 24.3 Å². The van der Waals surface area contributed by atoms with Crippen LogP contribution in [0, 0.1) is 0 Å². The molecule has 1 rings (SSSR count). The fourth-order valence-corrected chi connectivity index (χ4v) is 2.16. The van der Waals surface area contributed by atoms with Crippen LogP contribution < -0.4 is 0 Å². The van der Waals surface area contributed by atoms with Crippen molar-refractivity contribution >= 4 is 5.91 Å². The average molecular weight is 261 g/mol. The Morgan fingerprint density at radius 1 is 1.05 bits per heavy atom. The number of aryl methyl sites for hydroxylation is 1. The molecule has 0 aliphatic rings. The minimum Gasteiger partial charge on any atom is -0.343 e. The predicted octanol–water partition coefficient (Wildman–Crippen LogP) is 3.79. The Hall–Kier alpha value is -1.31. The summed E-state index contributed by atoms with van der Waals surface area (Å²) in [5.74, 6) is 0.255. The molecule has 19 heavy (non-hydrogen) atoms. The summed E-state index contributed by atoms with van der Waals surface area (Å²) in [6, 6.07) is 8.65. The van der Waals surface area contributed by atoms with E-state index in [9.17, 15) is 4.79 Å². The van der Waals surface area contributed by atoms with Crippen LogP contribution in [0.25, 0.3) is 0 Å². The van der Waals surface area contributed by atoms with Gasteiger partial charge >= 0.3 is 0 Å². The van der Waals surface area contributed by atoms with Crippen LogP contribution >= 0.6 is 0 Å². The molecular weight excluding hydrogens is 234 g/mol. The molecule has 0 saturated carbocycles. The second-order valence-electron chi connectivity index (χ2n) is 6.01. The highest BCUT2D eigenvalue weighted by Gasteiger charge is 2.13. The Balaban J connectivity index is 2.57. The molecule has 2 nitrogen and oxygen atoms in total. The van der Waals surface area contributed by atoms with Crippen LogP contribution in [0.3, 0.4) is 0 Å². The lowest BCUT2D eigenvalue weighted by molar-refractivity contribution is -0.130. The number of hydrogen-bond donors (Lipinski definition) is 0. The van der Waals surface area contributed by atoms with E-state index >= 15 is 0 Å². The second-order valence-corrected chi connectivity index (χ2v) is 6.01. The van der Waals surface area contributed by atoms with E-state index in [4.69, 9.17) is 0 Å². The van der Waals surface area contributed by atoms with Crippen LogP contribution in [-0.4, -0.2) is 23.9 Å². The SMILES string of the molecule is CCN(CC)C(=O)CCc1ccc(C(C)(C)C)cc1. The summed E-state index contributed by atoms with van der Waals surface area (Å²) in [5.41, 5.74) is 2.77. The largest absolute Gasteiger partial charge is 0.343 e. The maximum Gasteiger partial charge on any atom is 0.222 e. The van der Waals surface area contributed by atoms with Crippen molar-refractivity contribution < 1.29 is 4.79 Å². The van der Waals surface area contributed by atoms with Crippen molar-refractivity contribution in [3.63, 3.8) is 0 Å². The maximum atomic E-state index is 11.9. The molecule has 0 fully saturated rings. The zero-order valence-corrected chi connectivity index (χ0v) is 13.0. The van der Waals surface area contributed by atoms with Crippen LogP contribution in [0.2, 0.25) is 0 Å². The Morgan fingerprint density at radius 3 is 2.00 bits per heavy atom. The van der Waals surface area contributed by atoms with E-state index in [1.165, 1.54) is 11.1 Å². The Bertz CT molecular complexity index is 396. The lowest BCUT2D eigenvalue weighted by Gasteiger charge is -2.20. The summed E-state index contributed by atoms with van der Waals surface area (Å²) in [4.78, 5) is 13.8. The van der Waals surface area contributed by atoms with Crippen molar-refractivity contribution in [1.29, 1.82) is 0 Å². The molecule has 0 aromatic heterocycles. The number of carbonyl (C=O) groups excluding carboxylic acids is 1. The minimum absolute atomic E-state index is 0.190. The second kappa shape index (κ2) is 6.74. The number of nitrogens with zero attached hydrogens (tertiary/aromatic N) is 1. The first kappa shape index (κ1) is 15.7. The number of benzene rings is 1. The minimum atomic E-state index is 0.190. The van der Waals surface area contributed by atoms with Gasteiger partial charge in [0.05, 0.1) is 0 Å². The number of hydrogen-bond acceptors (Lipinski definition) is 1. The molecule has 1 aromatic carbocycles. The molecule has 0 atom stereocenters. The summed E-state index contributed by atoms with van der Waals surface area (Å²) in [7, 11) is 0. The molecule has 0 radical (unpaired) electrons. The van der Waals surface area contributed by atoms with Gasteiger partial charge in [0.15, 0.2) is 0 Å². The zero-order valence-electron chi connectivity index (χ0n) is 13.0. The molecule has 0 N–H and O–H groups in total. The van der Waals surface area contributed by atoms with Gasteiger partial charge in [-0.3, -0.25) is 4.79 Å². The van der Waals surface area contributed by atoms with Gasteiger partial charge in [-0.15, -0.1) is 0 Å². The van der Waals surface area contributed by atoms with Crippen LogP contribution in [0.5, 0.6) is 0 Å². The smallest absolute Gasteiger partial charge is 0.222 e. The van der Waals surface area contributed by atoms with Crippen molar-refractivity contribution in [2.45, 2.75) is 52.9 Å². The molecule has 0 unspecified atom stereocenters. The molecule has 2 heteroatoms. The highest BCUT2D eigenvalue weighted by molar-refractivity contribution is 5.76. The number of carbonyl (C=O) groups is 1. The van der Waals surface area contributed by atoms with Crippen molar-refractivity contribution in [2.75, 3.05) is 13.1 Å². The molecule has 0 bridgehead atoms. The molecular formula is C17H27NO. The van der Waals surface area contributed by atoms with Crippen LogP contribution in [0.1, 0.15) is 52.2 Å².